The summed E-state index contributed by atoms with van der Waals surface area (Å²) in [5, 5.41) is 5.79. The van der Waals surface area contributed by atoms with Crippen LogP contribution in [0.5, 0.6) is 11.5 Å². The zero-order valence-electron chi connectivity index (χ0n) is 18.5. The molecular weight excluding hydrogens is 434 g/mol. The van der Waals surface area contributed by atoms with Gasteiger partial charge in [-0.25, -0.2) is 8.42 Å². The quantitative estimate of drug-likeness (QED) is 0.589. The number of hydrogen-bond acceptors (Lipinski definition) is 7. The van der Waals surface area contributed by atoms with Gasteiger partial charge in [0.05, 0.1) is 49.2 Å². The van der Waals surface area contributed by atoms with E-state index in [1.165, 1.54) is 23.5 Å². The zero-order valence-corrected chi connectivity index (χ0v) is 19.3. The number of carbonyl (C=O) groups is 1. The number of methoxy groups -OCH3 is 1. The number of amides is 1. The van der Waals surface area contributed by atoms with E-state index >= 15 is 0 Å². The van der Waals surface area contributed by atoms with E-state index in [2.05, 4.69) is 10.6 Å². The molecule has 0 spiro atoms. The summed E-state index contributed by atoms with van der Waals surface area (Å²) >= 11 is 0. The van der Waals surface area contributed by atoms with Gasteiger partial charge in [-0.3, -0.25) is 4.79 Å². The van der Waals surface area contributed by atoms with Gasteiger partial charge in [-0.1, -0.05) is 12.1 Å². The van der Waals surface area contributed by atoms with Crippen LogP contribution in [0.1, 0.15) is 13.8 Å². The van der Waals surface area contributed by atoms with E-state index in [1.807, 2.05) is 19.9 Å². The van der Waals surface area contributed by atoms with Gasteiger partial charge < -0.3 is 24.8 Å². The van der Waals surface area contributed by atoms with Crippen LogP contribution in [0.2, 0.25) is 0 Å². The standard InChI is InChI=1S/C22H29N3O6S/c1-16(2)31-21-9-8-17(32(27,28)25-10-12-30-13-11-25)14-19(21)23-15-22(26)24-18-6-4-5-7-20(18)29-3/h4-9,14,16,23H,10-13,15H2,1-3H3,(H,24,26). The van der Waals surface area contributed by atoms with Crippen LogP contribution in [-0.4, -0.2) is 64.7 Å². The molecule has 0 aliphatic carbocycles. The van der Waals surface area contributed by atoms with Gasteiger partial charge in [-0.05, 0) is 44.2 Å². The van der Waals surface area contributed by atoms with Crippen molar-refractivity contribution in [3.05, 3.63) is 42.5 Å². The Bertz CT molecular complexity index is 1040. The molecule has 9 nitrogen and oxygen atoms in total. The van der Waals surface area contributed by atoms with Crippen LogP contribution in [-0.2, 0) is 19.6 Å². The molecule has 32 heavy (non-hydrogen) atoms. The third-order valence-electron chi connectivity index (χ3n) is 4.74. The number of benzene rings is 2. The molecule has 1 heterocycles. The molecule has 0 saturated carbocycles. The largest absolute Gasteiger partial charge is 0.495 e. The fraction of sp³-hybridized carbons (Fsp3) is 0.409. The Kier molecular flexibility index (Phi) is 7.94. The molecule has 2 aromatic carbocycles. The van der Waals surface area contributed by atoms with E-state index in [1.54, 1.807) is 24.3 Å². The molecule has 1 saturated heterocycles. The van der Waals surface area contributed by atoms with Gasteiger partial charge in [0.2, 0.25) is 15.9 Å². The first-order valence-corrected chi connectivity index (χ1v) is 11.8. The number of anilines is 2. The van der Waals surface area contributed by atoms with Gasteiger partial charge in [-0.15, -0.1) is 0 Å². The van der Waals surface area contributed by atoms with Gasteiger partial charge in [0.15, 0.2) is 0 Å². The summed E-state index contributed by atoms with van der Waals surface area (Å²) in [5.74, 6) is 0.695. The fourth-order valence-corrected chi connectivity index (χ4v) is 4.65. The minimum atomic E-state index is -3.69. The molecular formula is C22H29N3O6S. The van der Waals surface area contributed by atoms with Gasteiger partial charge >= 0.3 is 0 Å². The molecule has 1 amide bonds. The third kappa shape index (κ3) is 5.90. The van der Waals surface area contributed by atoms with Crippen molar-refractivity contribution < 1.29 is 27.4 Å². The molecule has 0 atom stereocenters. The molecule has 1 aliphatic rings. The topological polar surface area (TPSA) is 106 Å². The molecule has 1 aliphatic heterocycles. The highest BCUT2D eigenvalue weighted by molar-refractivity contribution is 7.89. The zero-order chi connectivity index (χ0) is 23.1. The van der Waals surface area contributed by atoms with Crippen molar-refractivity contribution in [2.45, 2.75) is 24.8 Å². The first-order chi connectivity index (χ1) is 15.3. The van der Waals surface area contributed by atoms with Crippen LogP contribution >= 0.6 is 0 Å². The van der Waals surface area contributed by atoms with Gasteiger partial charge in [0, 0.05) is 13.1 Å². The molecule has 0 unspecified atom stereocenters. The average molecular weight is 464 g/mol. The van der Waals surface area contributed by atoms with Gasteiger partial charge in [0.25, 0.3) is 0 Å². The Labute approximate surface area is 188 Å². The lowest BCUT2D eigenvalue weighted by Gasteiger charge is -2.26. The Morgan fingerprint density at radius 1 is 1.09 bits per heavy atom. The summed E-state index contributed by atoms with van der Waals surface area (Å²) in [6, 6.07) is 11.7. The van der Waals surface area contributed by atoms with E-state index < -0.39 is 10.0 Å². The summed E-state index contributed by atoms with van der Waals surface area (Å²) in [4.78, 5) is 12.6. The van der Waals surface area contributed by atoms with Gasteiger partial charge in [-0.2, -0.15) is 4.31 Å². The van der Waals surface area contributed by atoms with Crippen molar-refractivity contribution in [1.29, 1.82) is 0 Å². The van der Waals surface area contributed by atoms with E-state index in [4.69, 9.17) is 14.2 Å². The number of hydrogen-bond donors (Lipinski definition) is 2. The van der Waals surface area contributed by atoms with Crippen molar-refractivity contribution in [2.75, 3.05) is 50.6 Å². The number of ether oxygens (including phenoxy) is 3. The Morgan fingerprint density at radius 3 is 2.50 bits per heavy atom. The number of nitrogens with zero attached hydrogens (tertiary/aromatic N) is 1. The van der Waals surface area contributed by atoms with Crippen LogP contribution in [0, 0.1) is 0 Å². The molecule has 1 fully saturated rings. The number of carbonyl (C=O) groups excluding carboxylic acids is 1. The lowest BCUT2D eigenvalue weighted by atomic mass is 10.2. The molecule has 2 N–H and O–H groups in total. The average Bonchev–Trinajstić information content (AvgIpc) is 2.79. The van der Waals surface area contributed by atoms with E-state index in [0.29, 0.717) is 49.2 Å². The summed E-state index contributed by atoms with van der Waals surface area (Å²) < 4.78 is 43.8. The maximum Gasteiger partial charge on any atom is 0.243 e. The normalized spacial score (nSPS) is 14.8. The van der Waals surface area contributed by atoms with Crippen molar-refractivity contribution in [1.82, 2.24) is 4.31 Å². The molecule has 0 bridgehead atoms. The molecule has 3 rings (SSSR count). The monoisotopic (exact) mass is 463 g/mol. The van der Waals surface area contributed by atoms with Crippen molar-refractivity contribution >= 4 is 27.3 Å². The van der Waals surface area contributed by atoms with Crippen LogP contribution in [0.25, 0.3) is 0 Å². The summed E-state index contributed by atoms with van der Waals surface area (Å²) in [6.45, 7) is 4.98. The van der Waals surface area contributed by atoms with E-state index in [0.717, 1.165) is 0 Å². The van der Waals surface area contributed by atoms with Crippen molar-refractivity contribution in [2.24, 2.45) is 0 Å². The molecule has 174 valence electrons. The summed E-state index contributed by atoms with van der Waals surface area (Å²) in [5.41, 5.74) is 0.965. The summed E-state index contributed by atoms with van der Waals surface area (Å²) in [6.07, 6.45) is -0.125. The SMILES string of the molecule is COc1ccccc1NC(=O)CNc1cc(S(=O)(=O)N2CCOCC2)ccc1OC(C)C. The molecule has 0 radical (unpaired) electrons. The predicted octanol–water partition coefficient (Wildman–Crippen LogP) is 2.55. The van der Waals surface area contributed by atoms with E-state index in [9.17, 15) is 13.2 Å². The van der Waals surface area contributed by atoms with Crippen LogP contribution in [0.3, 0.4) is 0 Å². The number of sulfonamides is 1. The molecule has 2 aromatic rings. The molecule has 0 aromatic heterocycles. The summed E-state index contributed by atoms with van der Waals surface area (Å²) in [7, 11) is -2.16. The first kappa shape index (κ1) is 23.8. The third-order valence-corrected chi connectivity index (χ3v) is 6.64. The van der Waals surface area contributed by atoms with Crippen molar-refractivity contribution in [3.8, 4) is 11.5 Å². The second-order valence-electron chi connectivity index (χ2n) is 7.44. The highest BCUT2D eigenvalue weighted by Crippen LogP contribution is 2.30. The number of para-hydroxylation sites is 2. The molecule has 10 heteroatoms. The fourth-order valence-electron chi connectivity index (χ4n) is 3.22. The lowest BCUT2D eigenvalue weighted by Crippen LogP contribution is -2.40. The number of rotatable bonds is 9. The van der Waals surface area contributed by atoms with E-state index in [-0.39, 0.29) is 23.5 Å². The Morgan fingerprint density at radius 2 is 1.81 bits per heavy atom. The Balaban J connectivity index is 1.78. The van der Waals surface area contributed by atoms with Crippen molar-refractivity contribution in [3.63, 3.8) is 0 Å². The van der Waals surface area contributed by atoms with Crippen LogP contribution in [0.15, 0.2) is 47.4 Å². The first-order valence-electron chi connectivity index (χ1n) is 10.4. The highest BCUT2D eigenvalue weighted by atomic mass is 32.2. The number of morpholine rings is 1. The van der Waals surface area contributed by atoms with Gasteiger partial charge in [0.1, 0.15) is 11.5 Å². The maximum absolute atomic E-state index is 13.0. The second-order valence-corrected chi connectivity index (χ2v) is 9.38. The minimum Gasteiger partial charge on any atom is -0.495 e. The Hall–Kier alpha value is -2.82. The van der Waals surface area contributed by atoms with Crippen LogP contribution in [0.4, 0.5) is 11.4 Å². The van der Waals surface area contributed by atoms with Crippen LogP contribution < -0.4 is 20.1 Å². The second kappa shape index (κ2) is 10.7. The minimum absolute atomic E-state index is 0.0897. The lowest BCUT2D eigenvalue weighted by molar-refractivity contribution is -0.114. The highest BCUT2D eigenvalue weighted by Gasteiger charge is 2.27. The predicted molar refractivity (Wildman–Crippen MR) is 122 cm³/mol. The number of nitrogens with one attached hydrogen (secondary N) is 2. The smallest absolute Gasteiger partial charge is 0.243 e. The maximum atomic E-state index is 13.0.